The fraction of sp³-hybridized carbons (Fsp3) is 0.158. The van der Waals surface area contributed by atoms with Crippen molar-refractivity contribution < 1.29 is 14.3 Å². The Hall–Kier alpha value is -2.88. The average molecular weight is 307 g/mol. The number of ether oxygens (including phenoxy) is 1. The van der Waals surface area contributed by atoms with Crippen LogP contribution in [-0.4, -0.2) is 22.7 Å². The summed E-state index contributed by atoms with van der Waals surface area (Å²) in [5.41, 5.74) is 2.16. The first-order valence-electron chi connectivity index (χ1n) is 7.44. The van der Waals surface area contributed by atoms with Crippen LogP contribution in [0.5, 0.6) is 5.75 Å². The van der Waals surface area contributed by atoms with Crippen molar-refractivity contribution in [3.05, 3.63) is 65.9 Å². The van der Waals surface area contributed by atoms with Crippen LogP contribution in [0.4, 0.5) is 0 Å². The van der Waals surface area contributed by atoms with E-state index in [2.05, 4.69) is 4.98 Å². The molecule has 3 aromatic rings. The zero-order valence-electron chi connectivity index (χ0n) is 13.0. The Kier molecular flexibility index (Phi) is 3.98. The molecule has 0 amide bonds. The van der Waals surface area contributed by atoms with Crippen molar-refractivity contribution in [2.24, 2.45) is 0 Å². The highest BCUT2D eigenvalue weighted by Gasteiger charge is 2.20. The lowest BCUT2D eigenvalue weighted by Crippen LogP contribution is -2.23. The van der Waals surface area contributed by atoms with Crippen LogP contribution < -0.4 is 4.74 Å². The molecular weight excluding hydrogens is 290 g/mol. The number of benzene rings is 2. The van der Waals surface area contributed by atoms with Crippen molar-refractivity contribution in [3.63, 3.8) is 0 Å². The minimum absolute atomic E-state index is 0.000493. The van der Waals surface area contributed by atoms with Crippen LogP contribution >= 0.6 is 0 Å². The summed E-state index contributed by atoms with van der Waals surface area (Å²) in [6.07, 6.45) is 1.10. The van der Waals surface area contributed by atoms with E-state index in [-0.39, 0.29) is 11.6 Å². The molecule has 4 heteroatoms. The molecule has 2 aromatic carbocycles. The topological polar surface area (TPSA) is 59.2 Å². The molecule has 0 bridgehead atoms. The number of fused-ring (bicyclic) bond motifs is 1. The zero-order valence-corrected chi connectivity index (χ0v) is 13.0. The van der Waals surface area contributed by atoms with E-state index in [0.717, 1.165) is 10.9 Å². The minimum Gasteiger partial charge on any atom is -0.483 e. The third-order valence-corrected chi connectivity index (χ3v) is 3.80. The molecule has 0 fully saturated rings. The summed E-state index contributed by atoms with van der Waals surface area (Å²) >= 11 is 0. The minimum atomic E-state index is -0.614. The number of aromatic nitrogens is 1. The van der Waals surface area contributed by atoms with Gasteiger partial charge in [0.05, 0.1) is 0 Å². The van der Waals surface area contributed by atoms with Crippen molar-refractivity contribution in [1.82, 2.24) is 4.98 Å². The predicted octanol–water partition coefficient (Wildman–Crippen LogP) is 4.02. The number of ketones is 2. The second kappa shape index (κ2) is 6.08. The van der Waals surface area contributed by atoms with Crippen molar-refractivity contribution in [2.75, 3.05) is 0 Å². The predicted molar refractivity (Wildman–Crippen MR) is 89.2 cm³/mol. The van der Waals surface area contributed by atoms with Crippen LogP contribution in [0, 0.1) is 0 Å². The SMILES string of the molecule is CC(=O)c1ccc(O[C@@H](C)C(=O)c2c[nH]c3ccccc23)cc1. The van der Waals surface area contributed by atoms with Crippen molar-refractivity contribution in [3.8, 4) is 5.75 Å². The largest absolute Gasteiger partial charge is 0.483 e. The van der Waals surface area contributed by atoms with E-state index in [1.54, 1.807) is 37.4 Å². The Morgan fingerprint density at radius 1 is 1.04 bits per heavy atom. The number of para-hydroxylation sites is 1. The first-order valence-corrected chi connectivity index (χ1v) is 7.44. The summed E-state index contributed by atoms with van der Waals surface area (Å²) in [6.45, 7) is 3.24. The van der Waals surface area contributed by atoms with E-state index < -0.39 is 6.10 Å². The van der Waals surface area contributed by atoms with E-state index in [1.165, 1.54) is 6.92 Å². The van der Waals surface area contributed by atoms with Gasteiger partial charge in [-0.25, -0.2) is 0 Å². The van der Waals surface area contributed by atoms with Crippen LogP contribution in [0.25, 0.3) is 10.9 Å². The van der Waals surface area contributed by atoms with E-state index >= 15 is 0 Å². The first-order chi connectivity index (χ1) is 11.1. The maximum absolute atomic E-state index is 12.6. The van der Waals surface area contributed by atoms with Gasteiger partial charge in [0.2, 0.25) is 5.78 Å². The third kappa shape index (κ3) is 3.01. The van der Waals surface area contributed by atoms with E-state index in [9.17, 15) is 9.59 Å². The number of hydrogen-bond acceptors (Lipinski definition) is 3. The lowest BCUT2D eigenvalue weighted by atomic mass is 10.1. The van der Waals surface area contributed by atoms with Gasteiger partial charge in [0.25, 0.3) is 0 Å². The third-order valence-electron chi connectivity index (χ3n) is 3.80. The summed E-state index contributed by atoms with van der Waals surface area (Å²) in [7, 11) is 0. The van der Waals surface area contributed by atoms with Crippen LogP contribution in [-0.2, 0) is 0 Å². The molecule has 0 unspecified atom stereocenters. The van der Waals surface area contributed by atoms with Crippen LogP contribution in [0.2, 0.25) is 0 Å². The molecule has 0 radical (unpaired) electrons. The van der Waals surface area contributed by atoms with Gasteiger partial charge < -0.3 is 9.72 Å². The summed E-state index contributed by atoms with van der Waals surface area (Å²) in [6, 6.07) is 14.5. The number of aromatic amines is 1. The smallest absolute Gasteiger partial charge is 0.205 e. The number of carbonyl (C=O) groups excluding carboxylic acids is 2. The van der Waals surface area contributed by atoms with Gasteiger partial charge in [0.15, 0.2) is 11.9 Å². The van der Waals surface area contributed by atoms with Gasteiger partial charge in [-0.2, -0.15) is 0 Å². The quantitative estimate of drug-likeness (QED) is 0.724. The number of carbonyl (C=O) groups is 2. The number of Topliss-reactive ketones (excluding diaryl/α,β-unsaturated/α-hetero) is 2. The molecule has 1 atom stereocenters. The molecule has 4 nitrogen and oxygen atoms in total. The standard InChI is InChI=1S/C19H17NO3/c1-12(21)14-7-9-15(10-8-14)23-13(2)19(22)17-11-20-18-6-4-3-5-16(17)18/h3-11,13,20H,1-2H3/t13-/m0/s1. The average Bonchev–Trinajstić information content (AvgIpc) is 2.98. The Labute approximate surface area is 134 Å². The molecule has 0 aliphatic rings. The van der Waals surface area contributed by atoms with Crippen molar-refractivity contribution in [1.29, 1.82) is 0 Å². The molecule has 0 spiro atoms. The maximum atomic E-state index is 12.6. The number of rotatable bonds is 5. The molecule has 23 heavy (non-hydrogen) atoms. The highest BCUT2D eigenvalue weighted by Crippen LogP contribution is 2.21. The molecule has 0 aliphatic carbocycles. The molecule has 0 aliphatic heterocycles. The molecule has 116 valence electrons. The summed E-state index contributed by atoms with van der Waals surface area (Å²) in [5, 5.41) is 0.889. The normalized spacial score (nSPS) is 12.1. The van der Waals surface area contributed by atoms with E-state index in [1.807, 2.05) is 24.3 Å². The lowest BCUT2D eigenvalue weighted by Gasteiger charge is -2.13. The fourth-order valence-corrected chi connectivity index (χ4v) is 2.52. The van der Waals surface area contributed by atoms with E-state index in [0.29, 0.717) is 16.9 Å². The maximum Gasteiger partial charge on any atom is 0.205 e. The van der Waals surface area contributed by atoms with Gasteiger partial charge in [-0.1, -0.05) is 18.2 Å². The number of hydrogen-bond donors (Lipinski definition) is 1. The fourth-order valence-electron chi connectivity index (χ4n) is 2.52. The Balaban J connectivity index is 1.78. The van der Waals surface area contributed by atoms with Crippen LogP contribution in [0.15, 0.2) is 54.7 Å². The highest BCUT2D eigenvalue weighted by molar-refractivity contribution is 6.09. The van der Waals surface area contributed by atoms with Gasteiger partial charge in [-0.3, -0.25) is 9.59 Å². The molecule has 0 saturated heterocycles. The Bertz CT molecular complexity index is 862. The highest BCUT2D eigenvalue weighted by atomic mass is 16.5. The van der Waals surface area contributed by atoms with E-state index in [4.69, 9.17) is 4.74 Å². The zero-order chi connectivity index (χ0) is 16.4. The molecule has 1 heterocycles. The molecule has 1 N–H and O–H groups in total. The Morgan fingerprint density at radius 2 is 1.74 bits per heavy atom. The van der Waals surface area contributed by atoms with Gasteiger partial charge in [0, 0.05) is 28.2 Å². The molecule has 3 rings (SSSR count). The van der Waals surface area contributed by atoms with Gasteiger partial charge in [-0.05, 0) is 44.2 Å². The second-order valence-electron chi connectivity index (χ2n) is 5.45. The van der Waals surface area contributed by atoms with Crippen LogP contribution in [0.3, 0.4) is 0 Å². The first kappa shape index (κ1) is 15.0. The Morgan fingerprint density at radius 3 is 2.43 bits per heavy atom. The molecule has 0 saturated carbocycles. The summed E-state index contributed by atoms with van der Waals surface area (Å²) in [4.78, 5) is 27.0. The van der Waals surface area contributed by atoms with Crippen molar-refractivity contribution in [2.45, 2.75) is 20.0 Å². The summed E-state index contributed by atoms with van der Waals surface area (Å²) < 4.78 is 5.71. The van der Waals surface area contributed by atoms with Gasteiger partial charge in [0.1, 0.15) is 5.75 Å². The monoisotopic (exact) mass is 307 g/mol. The lowest BCUT2D eigenvalue weighted by molar-refractivity contribution is 0.0819. The van der Waals surface area contributed by atoms with Crippen LogP contribution in [0.1, 0.15) is 34.6 Å². The second-order valence-corrected chi connectivity index (χ2v) is 5.45. The molecular formula is C19H17NO3. The summed E-state index contributed by atoms with van der Waals surface area (Å²) in [5.74, 6) is 0.480. The molecule has 1 aromatic heterocycles. The van der Waals surface area contributed by atoms with Gasteiger partial charge >= 0.3 is 0 Å². The van der Waals surface area contributed by atoms with Gasteiger partial charge in [-0.15, -0.1) is 0 Å². The van der Waals surface area contributed by atoms with Crippen molar-refractivity contribution >= 4 is 22.5 Å². The number of H-pyrrole nitrogens is 1. The number of nitrogens with one attached hydrogen (secondary N) is 1.